The van der Waals surface area contributed by atoms with Crippen molar-refractivity contribution in [3.8, 4) is 0 Å². The molecule has 1 aromatic rings. The van der Waals surface area contributed by atoms with E-state index in [4.69, 9.17) is 5.73 Å². The van der Waals surface area contributed by atoms with E-state index in [0.29, 0.717) is 5.69 Å². The molecule has 0 saturated heterocycles. The minimum absolute atomic E-state index is 0. The van der Waals surface area contributed by atoms with Crippen molar-refractivity contribution in [2.24, 2.45) is 0 Å². The third kappa shape index (κ3) is 15.7. The average molecular weight is 551 g/mol. The molecule has 0 aliphatic heterocycles. The van der Waals surface area contributed by atoms with Crippen molar-refractivity contribution in [1.82, 2.24) is 4.72 Å². The van der Waals surface area contributed by atoms with Crippen LogP contribution in [-0.4, -0.2) is 14.3 Å². The van der Waals surface area contributed by atoms with E-state index in [-0.39, 0.29) is 38.6 Å². The number of hydrogen-bond donors (Lipinski definition) is 2. The van der Waals surface area contributed by atoms with Gasteiger partial charge in [-0.25, -0.2) is 13.1 Å². The van der Waals surface area contributed by atoms with Crippen LogP contribution < -0.4 is 10.5 Å². The summed E-state index contributed by atoms with van der Waals surface area (Å²) in [5.41, 5.74) is 6.04. The third-order valence-corrected chi connectivity index (χ3v) is 6.84. The Labute approximate surface area is 210 Å². The number of benzene rings is 1. The summed E-state index contributed by atoms with van der Waals surface area (Å²) in [5, 5.41) is 0. The number of sulfonamides is 1. The predicted molar refractivity (Wildman–Crippen MR) is 126 cm³/mol. The van der Waals surface area contributed by atoms with Crippen LogP contribution in [0.1, 0.15) is 110 Å². The van der Waals surface area contributed by atoms with Crippen molar-refractivity contribution < 1.29 is 40.5 Å². The summed E-state index contributed by atoms with van der Waals surface area (Å²) < 4.78 is 26.4. The van der Waals surface area contributed by atoms with Gasteiger partial charge in [0.2, 0.25) is 5.91 Å². The van der Waals surface area contributed by atoms with Crippen molar-refractivity contribution in [3.63, 3.8) is 0 Å². The van der Waals surface area contributed by atoms with Gasteiger partial charge in [-0.3, -0.25) is 4.79 Å². The molecule has 0 unspecified atom stereocenters. The Kier molecular flexibility index (Phi) is 18.5. The summed E-state index contributed by atoms with van der Waals surface area (Å²) in [7, 11) is -3.80. The van der Waals surface area contributed by atoms with Crippen LogP contribution in [0.3, 0.4) is 0 Å². The first-order valence-electron chi connectivity index (χ1n) is 11.9. The quantitative estimate of drug-likeness (QED) is 0.127. The van der Waals surface area contributed by atoms with Gasteiger partial charge in [-0.05, 0) is 30.7 Å². The number of rotatable bonds is 18. The molecule has 1 amide bonds. The summed E-state index contributed by atoms with van der Waals surface area (Å²) in [6.45, 7) is 2.26. The van der Waals surface area contributed by atoms with E-state index in [1.807, 2.05) is 0 Å². The van der Waals surface area contributed by atoms with Crippen molar-refractivity contribution in [3.05, 3.63) is 24.3 Å². The fourth-order valence-electron chi connectivity index (χ4n) is 3.56. The fraction of sp³-hybridized carbons (Fsp3) is 0.708. The van der Waals surface area contributed by atoms with Crippen molar-refractivity contribution in [1.29, 1.82) is 0 Å². The molecule has 0 radical (unpaired) electrons. The van der Waals surface area contributed by atoms with Gasteiger partial charge in [0.25, 0.3) is 10.0 Å². The zero-order valence-electron chi connectivity index (χ0n) is 19.5. The average Bonchev–Trinajstić information content (AvgIpc) is 2.71. The number of carbonyl (C=O) groups excluding carboxylic acids is 1. The summed E-state index contributed by atoms with van der Waals surface area (Å²) in [5.74, 6) is -0.443. The molecule has 0 bridgehead atoms. The molecule has 174 valence electrons. The van der Waals surface area contributed by atoms with Gasteiger partial charge in [0, 0.05) is 39.4 Å². The van der Waals surface area contributed by atoms with E-state index < -0.39 is 15.9 Å². The first-order chi connectivity index (χ1) is 14.5. The first-order valence-corrected chi connectivity index (χ1v) is 13.3. The van der Waals surface area contributed by atoms with Crippen molar-refractivity contribution >= 4 is 21.6 Å². The van der Waals surface area contributed by atoms with E-state index in [1.165, 1.54) is 101 Å². The molecule has 0 spiro atoms. The maximum Gasteiger partial charge on any atom is 0.264 e. The second-order valence-corrected chi connectivity index (χ2v) is 9.98. The van der Waals surface area contributed by atoms with E-state index in [9.17, 15) is 13.2 Å². The normalized spacial score (nSPS) is 11.1. The van der Waals surface area contributed by atoms with Crippen LogP contribution in [0.4, 0.5) is 5.69 Å². The monoisotopic (exact) mass is 552 g/mol. The van der Waals surface area contributed by atoms with Crippen molar-refractivity contribution in [2.45, 2.75) is 115 Å². The molecule has 5 nitrogen and oxygen atoms in total. The molecule has 0 fully saturated rings. The molecule has 1 aromatic carbocycles. The van der Waals surface area contributed by atoms with E-state index in [1.54, 1.807) is 0 Å². The number of carbonyl (C=O) groups is 1. The Morgan fingerprint density at radius 2 is 1.13 bits per heavy atom. The number of nitrogen functional groups attached to an aromatic ring is 1. The molecule has 0 saturated carbocycles. The number of unbranched alkanes of at least 4 members (excludes halogenated alkanes) is 14. The van der Waals surface area contributed by atoms with Gasteiger partial charge in [0.15, 0.2) is 0 Å². The third-order valence-electron chi connectivity index (χ3n) is 5.45. The molecular formula is C24H42CdN2O3S. The fourth-order valence-corrected chi connectivity index (χ4v) is 4.58. The summed E-state index contributed by atoms with van der Waals surface area (Å²) in [6, 6.07) is 5.82. The van der Waals surface area contributed by atoms with Gasteiger partial charge in [-0.15, -0.1) is 0 Å². The second kappa shape index (κ2) is 18.9. The maximum atomic E-state index is 12.1. The van der Waals surface area contributed by atoms with Crippen molar-refractivity contribution in [2.75, 3.05) is 5.73 Å². The molecule has 0 atom stereocenters. The first kappa shape index (κ1) is 30.4. The van der Waals surface area contributed by atoms with Crippen LogP contribution in [-0.2, 0) is 42.1 Å². The smallest absolute Gasteiger partial charge is 0.264 e. The Hall–Kier alpha value is -0.638. The molecule has 1 rings (SSSR count). The van der Waals surface area contributed by atoms with Gasteiger partial charge in [0.1, 0.15) is 0 Å². The molecule has 0 aliphatic carbocycles. The maximum absolute atomic E-state index is 12.1. The summed E-state index contributed by atoms with van der Waals surface area (Å²) in [6.07, 6.45) is 19.2. The zero-order chi connectivity index (χ0) is 22.1. The summed E-state index contributed by atoms with van der Waals surface area (Å²) >= 11 is 0. The number of anilines is 1. The zero-order valence-corrected chi connectivity index (χ0v) is 24.4. The Balaban J connectivity index is 0.00000900. The number of amides is 1. The van der Waals surface area contributed by atoms with E-state index in [2.05, 4.69) is 11.6 Å². The van der Waals surface area contributed by atoms with Gasteiger partial charge < -0.3 is 5.73 Å². The topological polar surface area (TPSA) is 89.3 Å². The molecule has 31 heavy (non-hydrogen) atoms. The molecule has 0 heterocycles. The SMILES string of the molecule is CCCCCCCCCCCCCCCCCC(=O)NS(=O)(=O)c1ccc(N)cc1.[Cd]. The van der Waals surface area contributed by atoms with Crippen LogP contribution in [0.15, 0.2) is 29.2 Å². The van der Waals surface area contributed by atoms with Crippen LogP contribution in [0.25, 0.3) is 0 Å². The van der Waals surface area contributed by atoms with Gasteiger partial charge >= 0.3 is 0 Å². The molecule has 3 N–H and O–H groups in total. The predicted octanol–water partition coefficient (Wildman–Crippen LogP) is 6.33. The van der Waals surface area contributed by atoms with Crippen LogP contribution in [0.2, 0.25) is 0 Å². The van der Waals surface area contributed by atoms with Crippen LogP contribution >= 0.6 is 0 Å². The Bertz CT molecular complexity index is 679. The van der Waals surface area contributed by atoms with Crippen LogP contribution in [0, 0.1) is 0 Å². The molecule has 0 aliphatic rings. The Morgan fingerprint density at radius 1 is 0.742 bits per heavy atom. The van der Waals surface area contributed by atoms with Gasteiger partial charge in [-0.2, -0.15) is 0 Å². The number of hydrogen-bond acceptors (Lipinski definition) is 4. The van der Waals surface area contributed by atoms with Gasteiger partial charge in [-0.1, -0.05) is 96.8 Å². The Morgan fingerprint density at radius 3 is 1.55 bits per heavy atom. The standard InChI is InChI=1S/C24H42N2O3S.Cd/c1-2-3-4-5-6-7-8-9-10-11-12-13-14-15-16-17-24(27)26-30(28,29)23-20-18-22(25)19-21-23;/h18-21H,2-17,25H2,1H3,(H,26,27);. The molecule has 0 aromatic heterocycles. The summed E-state index contributed by atoms with van der Waals surface area (Å²) in [4.78, 5) is 12.0. The second-order valence-electron chi connectivity index (χ2n) is 8.30. The van der Waals surface area contributed by atoms with Crippen LogP contribution in [0.5, 0.6) is 0 Å². The van der Waals surface area contributed by atoms with E-state index >= 15 is 0 Å². The largest absolute Gasteiger partial charge is 0.399 e. The minimum atomic E-state index is -3.80. The molecular weight excluding hydrogens is 509 g/mol. The number of nitrogens with one attached hydrogen (secondary N) is 1. The van der Waals surface area contributed by atoms with Gasteiger partial charge in [0.05, 0.1) is 4.90 Å². The number of nitrogens with two attached hydrogens (primary N) is 1. The molecule has 7 heteroatoms. The minimum Gasteiger partial charge on any atom is -0.399 e. The van der Waals surface area contributed by atoms with E-state index in [0.717, 1.165) is 19.3 Å².